The summed E-state index contributed by atoms with van der Waals surface area (Å²) >= 11 is 0. The second-order valence-corrected chi connectivity index (χ2v) is 4.88. The lowest BCUT2D eigenvalue weighted by Crippen LogP contribution is -2.46. The van der Waals surface area contributed by atoms with Crippen LogP contribution in [0.15, 0.2) is 24.3 Å². The van der Waals surface area contributed by atoms with E-state index in [4.69, 9.17) is 9.47 Å². The van der Waals surface area contributed by atoms with Gasteiger partial charge in [0.05, 0.1) is 13.2 Å². The second kappa shape index (κ2) is 6.21. The molecule has 1 saturated carbocycles. The highest BCUT2D eigenvalue weighted by Gasteiger charge is 2.30. The monoisotopic (exact) mass is 249 g/mol. The molecule has 1 aromatic carbocycles. The molecule has 0 saturated heterocycles. The topological polar surface area (TPSA) is 30.5 Å². The Morgan fingerprint density at radius 3 is 2.72 bits per heavy atom. The number of para-hydroxylation sites is 1. The molecular formula is C15H23NO2. The van der Waals surface area contributed by atoms with Crippen molar-refractivity contribution in [1.82, 2.24) is 5.32 Å². The molecule has 18 heavy (non-hydrogen) atoms. The number of benzene rings is 1. The smallest absolute Gasteiger partial charge is 0.123 e. The standard InChI is InChI=1S/C15H23NO2/c1-4-18-13-9-12(10-13)16-11(2)14-7-5-6-8-15(14)17-3/h5-8,11-13,16H,4,9-10H2,1-3H3/t11-,12?,13?/m0/s1. The van der Waals surface area contributed by atoms with Crippen LogP contribution in [0, 0.1) is 0 Å². The Hall–Kier alpha value is -1.06. The maximum Gasteiger partial charge on any atom is 0.123 e. The minimum atomic E-state index is 0.314. The Morgan fingerprint density at radius 1 is 1.33 bits per heavy atom. The molecule has 1 atom stereocenters. The molecule has 0 aliphatic heterocycles. The largest absolute Gasteiger partial charge is 0.496 e. The highest BCUT2D eigenvalue weighted by atomic mass is 16.5. The maximum atomic E-state index is 5.58. The van der Waals surface area contributed by atoms with E-state index in [-0.39, 0.29) is 0 Å². The predicted octanol–water partition coefficient (Wildman–Crippen LogP) is 2.91. The lowest BCUT2D eigenvalue weighted by Gasteiger charge is -2.37. The third-order valence-electron chi connectivity index (χ3n) is 3.59. The molecule has 1 aliphatic rings. The Labute approximate surface area is 109 Å². The number of ether oxygens (including phenoxy) is 2. The molecule has 0 bridgehead atoms. The van der Waals surface area contributed by atoms with Gasteiger partial charge in [0.2, 0.25) is 0 Å². The van der Waals surface area contributed by atoms with Gasteiger partial charge in [-0.15, -0.1) is 0 Å². The third-order valence-corrected chi connectivity index (χ3v) is 3.59. The molecule has 100 valence electrons. The number of methoxy groups -OCH3 is 1. The summed E-state index contributed by atoms with van der Waals surface area (Å²) in [6.45, 7) is 5.06. The summed E-state index contributed by atoms with van der Waals surface area (Å²) in [5.74, 6) is 0.957. The van der Waals surface area contributed by atoms with Gasteiger partial charge in [0.25, 0.3) is 0 Å². The molecule has 3 nitrogen and oxygen atoms in total. The van der Waals surface area contributed by atoms with E-state index < -0.39 is 0 Å². The lowest BCUT2D eigenvalue weighted by atomic mass is 9.88. The summed E-state index contributed by atoms with van der Waals surface area (Å²) < 4.78 is 11.0. The summed E-state index contributed by atoms with van der Waals surface area (Å²) in [4.78, 5) is 0. The minimum absolute atomic E-state index is 0.314. The van der Waals surface area contributed by atoms with Gasteiger partial charge in [0, 0.05) is 24.3 Å². The summed E-state index contributed by atoms with van der Waals surface area (Å²) in [6, 6.07) is 9.07. The van der Waals surface area contributed by atoms with Crippen molar-refractivity contribution in [2.24, 2.45) is 0 Å². The van der Waals surface area contributed by atoms with E-state index in [2.05, 4.69) is 31.3 Å². The molecule has 1 fully saturated rings. The van der Waals surface area contributed by atoms with Gasteiger partial charge in [-0.3, -0.25) is 0 Å². The zero-order valence-electron chi connectivity index (χ0n) is 11.5. The third kappa shape index (κ3) is 3.03. The van der Waals surface area contributed by atoms with Crippen LogP contribution in [0.2, 0.25) is 0 Å². The van der Waals surface area contributed by atoms with Crippen molar-refractivity contribution in [3.05, 3.63) is 29.8 Å². The molecule has 0 aromatic heterocycles. The molecule has 0 amide bonds. The average molecular weight is 249 g/mol. The van der Waals surface area contributed by atoms with E-state index in [9.17, 15) is 0 Å². The van der Waals surface area contributed by atoms with E-state index >= 15 is 0 Å². The summed E-state index contributed by atoms with van der Waals surface area (Å²) in [5.41, 5.74) is 1.22. The fourth-order valence-corrected chi connectivity index (χ4v) is 2.54. The van der Waals surface area contributed by atoms with Gasteiger partial charge in [0.15, 0.2) is 0 Å². The van der Waals surface area contributed by atoms with Crippen LogP contribution in [0.4, 0.5) is 0 Å². The number of nitrogens with one attached hydrogen (secondary N) is 1. The lowest BCUT2D eigenvalue weighted by molar-refractivity contribution is -0.0120. The van der Waals surface area contributed by atoms with Gasteiger partial charge in [-0.25, -0.2) is 0 Å². The highest BCUT2D eigenvalue weighted by molar-refractivity contribution is 5.35. The van der Waals surface area contributed by atoms with Crippen molar-refractivity contribution < 1.29 is 9.47 Å². The van der Waals surface area contributed by atoms with Crippen LogP contribution in [0.25, 0.3) is 0 Å². The zero-order chi connectivity index (χ0) is 13.0. The van der Waals surface area contributed by atoms with Crippen LogP contribution in [-0.4, -0.2) is 25.9 Å². The van der Waals surface area contributed by atoms with E-state index in [1.165, 1.54) is 5.56 Å². The first-order chi connectivity index (χ1) is 8.74. The quantitative estimate of drug-likeness (QED) is 0.841. The van der Waals surface area contributed by atoms with Crippen molar-refractivity contribution in [2.45, 2.75) is 44.9 Å². The van der Waals surface area contributed by atoms with Crippen molar-refractivity contribution in [1.29, 1.82) is 0 Å². The fourth-order valence-electron chi connectivity index (χ4n) is 2.54. The van der Waals surface area contributed by atoms with Crippen LogP contribution >= 0.6 is 0 Å². The summed E-state index contributed by atoms with van der Waals surface area (Å²) in [5, 5.41) is 3.64. The van der Waals surface area contributed by atoms with Gasteiger partial charge in [-0.1, -0.05) is 18.2 Å². The first-order valence-electron chi connectivity index (χ1n) is 6.75. The molecule has 0 unspecified atom stereocenters. The number of rotatable bonds is 6. The second-order valence-electron chi connectivity index (χ2n) is 4.88. The van der Waals surface area contributed by atoms with Crippen LogP contribution < -0.4 is 10.1 Å². The first kappa shape index (κ1) is 13.4. The first-order valence-corrected chi connectivity index (χ1v) is 6.75. The molecule has 1 aliphatic carbocycles. The number of hydrogen-bond donors (Lipinski definition) is 1. The van der Waals surface area contributed by atoms with Crippen LogP contribution in [0.5, 0.6) is 5.75 Å². The van der Waals surface area contributed by atoms with Crippen molar-refractivity contribution >= 4 is 0 Å². The molecule has 0 heterocycles. The van der Waals surface area contributed by atoms with E-state index in [1.54, 1.807) is 7.11 Å². The summed E-state index contributed by atoms with van der Waals surface area (Å²) in [7, 11) is 1.72. The average Bonchev–Trinajstić information content (AvgIpc) is 2.36. The van der Waals surface area contributed by atoms with Gasteiger partial charge in [0.1, 0.15) is 5.75 Å². The fraction of sp³-hybridized carbons (Fsp3) is 0.600. The molecule has 0 radical (unpaired) electrons. The highest BCUT2D eigenvalue weighted by Crippen LogP contribution is 2.29. The van der Waals surface area contributed by atoms with Crippen LogP contribution in [-0.2, 0) is 4.74 Å². The molecule has 1 N–H and O–H groups in total. The maximum absolute atomic E-state index is 5.58. The Morgan fingerprint density at radius 2 is 2.06 bits per heavy atom. The Balaban J connectivity index is 1.87. The Kier molecular flexibility index (Phi) is 4.61. The van der Waals surface area contributed by atoms with Crippen LogP contribution in [0.3, 0.4) is 0 Å². The zero-order valence-corrected chi connectivity index (χ0v) is 11.5. The van der Waals surface area contributed by atoms with Gasteiger partial charge >= 0.3 is 0 Å². The SMILES string of the molecule is CCOC1CC(N[C@@H](C)c2ccccc2OC)C1. The summed E-state index contributed by atoms with van der Waals surface area (Å²) in [6.07, 6.45) is 2.69. The molecule has 0 spiro atoms. The molecule has 3 heteroatoms. The van der Waals surface area contributed by atoms with Crippen molar-refractivity contribution in [3.63, 3.8) is 0 Å². The van der Waals surface area contributed by atoms with Gasteiger partial charge < -0.3 is 14.8 Å². The van der Waals surface area contributed by atoms with Gasteiger partial charge in [-0.2, -0.15) is 0 Å². The van der Waals surface area contributed by atoms with E-state index in [0.717, 1.165) is 25.2 Å². The normalized spacial score (nSPS) is 24.4. The van der Waals surface area contributed by atoms with Crippen molar-refractivity contribution in [2.75, 3.05) is 13.7 Å². The number of hydrogen-bond acceptors (Lipinski definition) is 3. The van der Waals surface area contributed by atoms with Crippen LogP contribution in [0.1, 0.15) is 38.3 Å². The minimum Gasteiger partial charge on any atom is -0.496 e. The van der Waals surface area contributed by atoms with Gasteiger partial charge in [-0.05, 0) is 32.8 Å². The van der Waals surface area contributed by atoms with E-state index in [0.29, 0.717) is 18.2 Å². The molecule has 1 aromatic rings. The molecular weight excluding hydrogens is 226 g/mol. The Bertz CT molecular complexity index is 375. The predicted molar refractivity (Wildman–Crippen MR) is 73.0 cm³/mol. The van der Waals surface area contributed by atoms with Crippen molar-refractivity contribution in [3.8, 4) is 5.75 Å². The molecule has 2 rings (SSSR count). The van der Waals surface area contributed by atoms with E-state index in [1.807, 2.05) is 12.1 Å².